The lowest BCUT2D eigenvalue weighted by Gasteiger charge is -2.22. The van der Waals surface area contributed by atoms with Crippen LogP contribution in [0.5, 0.6) is 0 Å². The second kappa shape index (κ2) is 5.02. The molecule has 2 amide bonds. The molecule has 3 unspecified atom stereocenters. The van der Waals surface area contributed by atoms with E-state index < -0.39 is 0 Å². The van der Waals surface area contributed by atoms with Crippen molar-refractivity contribution in [1.82, 2.24) is 5.32 Å². The van der Waals surface area contributed by atoms with Crippen LogP contribution in [0.2, 0.25) is 0 Å². The normalized spacial score (nSPS) is 27.0. The number of amides is 2. The molecule has 1 aromatic carbocycles. The molecular weight excluding hydrogens is 252 g/mol. The highest BCUT2D eigenvalue weighted by molar-refractivity contribution is 6.22. The molecule has 0 bridgehead atoms. The standard InChI is InChI=1S/C16H20N2O2/c1-10(17-2)11-6-3-4-9-14(11)18-15(19)12-7-5-8-13(12)16(18)20/h3-4,6,9-10,12-13,17H,5,7-8H2,1-2H3. The molecule has 4 nitrogen and oxygen atoms in total. The molecule has 1 aliphatic carbocycles. The first-order chi connectivity index (χ1) is 9.65. The summed E-state index contributed by atoms with van der Waals surface area (Å²) in [5, 5.41) is 3.18. The van der Waals surface area contributed by atoms with E-state index in [2.05, 4.69) is 5.32 Å². The molecule has 1 N–H and O–H groups in total. The van der Waals surface area contributed by atoms with Gasteiger partial charge in [0.15, 0.2) is 0 Å². The smallest absolute Gasteiger partial charge is 0.237 e. The van der Waals surface area contributed by atoms with Gasteiger partial charge >= 0.3 is 0 Å². The fraction of sp³-hybridized carbons (Fsp3) is 0.500. The van der Waals surface area contributed by atoms with Crippen molar-refractivity contribution in [2.75, 3.05) is 11.9 Å². The lowest BCUT2D eigenvalue weighted by molar-refractivity contribution is -0.122. The van der Waals surface area contributed by atoms with Crippen LogP contribution >= 0.6 is 0 Å². The van der Waals surface area contributed by atoms with Crippen molar-refractivity contribution in [3.63, 3.8) is 0 Å². The van der Waals surface area contributed by atoms with Gasteiger partial charge in [-0.1, -0.05) is 24.6 Å². The van der Waals surface area contributed by atoms with E-state index in [0.29, 0.717) is 0 Å². The van der Waals surface area contributed by atoms with Crippen molar-refractivity contribution in [1.29, 1.82) is 0 Å². The number of nitrogens with one attached hydrogen (secondary N) is 1. The van der Waals surface area contributed by atoms with Crippen LogP contribution in [0.4, 0.5) is 5.69 Å². The second-order valence-electron chi connectivity index (χ2n) is 5.72. The number of benzene rings is 1. The highest BCUT2D eigenvalue weighted by Gasteiger charge is 2.50. The van der Waals surface area contributed by atoms with E-state index >= 15 is 0 Å². The van der Waals surface area contributed by atoms with E-state index in [0.717, 1.165) is 30.5 Å². The maximum atomic E-state index is 12.5. The minimum atomic E-state index is -0.0829. The van der Waals surface area contributed by atoms with E-state index in [1.165, 1.54) is 4.90 Å². The summed E-state index contributed by atoms with van der Waals surface area (Å²) in [6, 6.07) is 7.78. The van der Waals surface area contributed by atoms with Gasteiger partial charge in [0.2, 0.25) is 11.8 Å². The van der Waals surface area contributed by atoms with Crippen LogP contribution in [-0.4, -0.2) is 18.9 Å². The average Bonchev–Trinajstić information content (AvgIpc) is 3.03. The monoisotopic (exact) mass is 272 g/mol. The molecule has 1 saturated heterocycles. The van der Waals surface area contributed by atoms with Gasteiger partial charge in [0.25, 0.3) is 0 Å². The number of fused-ring (bicyclic) bond motifs is 1. The molecule has 106 valence electrons. The lowest BCUT2D eigenvalue weighted by Crippen LogP contribution is -2.33. The first-order valence-corrected chi connectivity index (χ1v) is 7.29. The zero-order chi connectivity index (χ0) is 14.3. The fourth-order valence-electron chi connectivity index (χ4n) is 3.44. The summed E-state index contributed by atoms with van der Waals surface area (Å²) in [6.07, 6.45) is 2.71. The summed E-state index contributed by atoms with van der Waals surface area (Å²) < 4.78 is 0. The molecule has 1 saturated carbocycles. The SMILES string of the molecule is CNC(C)c1ccccc1N1C(=O)C2CCCC2C1=O. The Kier molecular flexibility index (Phi) is 3.34. The van der Waals surface area contributed by atoms with Crippen LogP contribution in [0.25, 0.3) is 0 Å². The maximum Gasteiger partial charge on any atom is 0.237 e. The number of hydrogen-bond acceptors (Lipinski definition) is 3. The number of carbonyl (C=O) groups excluding carboxylic acids is 2. The van der Waals surface area contributed by atoms with Gasteiger partial charge in [-0.05, 0) is 38.4 Å². The maximum absolute atomic E-state index is 12.5. The first kappa shape index (κ1) is 13.3. The summed E-state index contributed by atoms with van der Waals surface area (Å²) in [6.45, 7) is 2.03. The Labute approximate surface area is 119 Å². The number of nitrogens with zero attached hydrogens (tertiary/aromatic N) is 1. The van der Waals surface area contributed by atoms with Gasteiger partial charge in [-0.2, -0.15) is 0 Å². The van der Waals surface area contributed by atoms with Crippen molar-refractivity contribution < 1.29 is 9.59 Å². The Hall–Kier alpha value is -1.68. The predicted molar refractivity (Wildman–Crippen MR) is 77.2 cm³/mol. The summed E-state index contributed by atoms with van der Waals surface area (Å²) in [7, 11) is 1.88. The molecule has 1 aliphatic heterocycles. The van der Waals surface area contributed by atoms with Crippen molar-refractivity contribution in [3.8, 4) is 0 Å². The first-order valence-electron chi connectivity index (χ1n) is 7.29. The molecule has 2 fully saturated rings. The number of anilines is 1. The quantitative estimate of drug-likeness (QED) is 0.859. The molecule has 0 aromatic heterocycles. The van der Waals surface area contributed by atoms with Gasteiger partial charge in [-0.15, -0.1) is 0 Å². The molecule has 0 spiro atoms. The van der Waals surface area contributed by atoms with Crippen LogP contribution in [0.1, 0.15) is 37.8 Å². The highest BCUT2D eigenvalue weighted by Crippen LogP contribution is 2.42. The third-order valence-corrected chi connectivity index (χ3v) is 4.67. The number of para-hydroxylation sites is 1. The molecule has 20 heavy (non-hydrogen) atoms. The summed E-state index contributed by atoms with van der Waals surface area (Å²) in [5.41, 5.74) is 1.75. The topological polar surface area (TPSA) is 49.4 Å². The average molecular weight is 272 g/mol. The van der Waals surface area contributed by atoms with Crippen LogP contribution < -0.4 is 10.2 Å². The van der Waals surface area contributed by atoms with E-state index in [1.807, 2.05) is 38.2 Å². The third kappa shape index (κ3) is 1.86. The third-order valence-electron chi connectivity index (χ3n) is 4.67. The minimum Gasteiger partial charge on any atom is -0.313 e. The number of rotatable bonds is 3. The largest absolute Gasteiger partial charge is 0.313 e. The summed E-state index contributed by atoms with van der Waals surface area (Å²) in [4.78, 5) is 26.5. The van der Waals surface area contributed by atoms with Gasteiger partial charge in [0.1, 0.15) is 0 Å². The van der Waals surface area contributed by atoms with Crippen LogP contribution in [0.3, 0.4) is 0 Å². The Balaban J connectivity index is 2.02. The van der Waals surface area contributed by atoms with Crippen LogP contribution in [0, 0.1) is 11.8 Å². The molecule has 0 radical (unpaired) electrons. The van der Waals surface area contributed by atoms with Gasteiger partial charge in [0, 0.05) is 6.04 Å². The van der Waals surface area contributed by atoms with E-state index in [-0.39, 0.29) is 29.7 Å². The number of hydrogen-bond donors (Lipinski definition) is 1. The van der Waals surface area contributed by atoms with E-state index in [9.17, 15) is 9.59 Å². The van der Waals surface area contributed by atoms with Gasteiger partial charge in [-0.3, -0.25) is 9.59 Å². The molecule has 3 atom stereocenters. The number of imide groups is 1. The van der Waals surface area contributed by atoms with Crippen molar-refractivity contribution in [2.45, 2.75) is 32.2 Å². The van der Waals surface area contributed by atoms with Crippen LogP contribution in [-0.2, 0) is 9.59 Å². The number of carbonyl (C=O) groups is 2. The van der Waals surface area contributed by atoms with Crippen molar-refractivity contribution in [2.24, 2.45) is 11.8 Å². The van der Waals surface area contributed by atoms with Crippen molar-refractivity contribution in [3.05, 3.63) is 29.8 Å². The molecular formula is C16H20N2O2. The fourth-order valence-corrected chi connectivity index (χ4v) is 3.44. The summed E-state index contributed by atoms with van der Waals surface area (Å²) >= 11 is 0. The molecule has 2 aliphatic rings. The van der Waals surface area contributed by atoms with E-state index in [4.69, 9.17) is 0 Å². The van der Waals surface area contributed by atoms with E-state index in [1.54, 1.807) is 0 Å². The van der Waals surface area contributed by atoms with Gasteiger partial charge in [-0.25, -0.2) is 4.90 Å². The Morgan fingerprint density at radius 3 is 2.35 bits per heavy atom. The van der Waals surface area contributed by atoms with Gasteiger partial charge < -0.3 is 5.32 Å². The van der Waals surface area contributed by atoms with Crippen LogP contribution in [0.15, 0.2) is 24.3 Å². The molecule has 4 heteroatoms. The Morgan fingerprint density at radius 2 is 1.75 bits per heavy atom. The molecule has 3 rings (SSSR count). The molecule has 1 aromatic rings. The van der Waals surface area contributed by atoms with Crippen molar-refractivity contribution >= 4 is 17.5 Å². The lowest BCUT2D eigenvalue weighted by atomic mass is 10.00. The Morgan fingerprint density at radius 1 is 1.15 bits per heavy atom. The zero-order valence-corrected chi connectivity index (χ0v) is 11.9. The highest BCUT2D eigenvalue weighted by atomic mass is 16.2. The Bertz CT molecular complexity index is 533. The molecule has 1 heterocycles. The minimum absolute atomic E-state index is 0.00625. The van der Waals surface area contributed by atoms with Gasteiger partial charge in [0.05, 0.1) is 17.5 Å². The summed E-state index contributed by atoms with van der Waals surface area (Å²) in [5.74, 6) is -0.178. The second-order valence-corrected chi connectivity index (χ2v) is 5.72. The zero-order valence-electron chi connectivity index (χ0n) is 11.9. The predicted octanol–water partition coefficient (Wildman–Crippen LogP) is 2.26.